The normalized spacial score (nSPS) is 15.2. The number of benzene rings is 1. The summed E-state index contributed by atoms with van der Waals surface area (Å²) < 4.78 is 7.12. The lowest BCUT2D eigenvalue weighted by Gasteiger charge is -2.16. The first-order chi connectivity index (χ1) is 13.2. The van der Waals surface area contributed by atoms with Gasteiger partial charge in [-0.25, -0.2) is 0 Å². The van der Waals surface area contributed by atoms with Crippen molar-refractivity contribution < 1.29 is 9.53 Å². The zero-order chi connectivity index (χ0) is 18.4. The molecule has 0 fully saturated rings. The van der Waals surface area contributed by atoms with Gasteiger partial charge in [-0.3, -0.25) is 14.5 Å². The molecule has 0 saturated heterocycles. The van der Waals surface area contributed by atoms with E-state index < -0.39 is 0 Å². The van der Waals surface area contributed by atoms with E-state index in [1.807, 2.05) is 35.1 Å². The van der Waals surface area contributed by atoms with Crippen molar-refractivity contribution in [2.75, 3.05) is 13.7 Å². The SMILES string of the molecule is COc1ccc(-c2cc3c(cn2)CCc2c-3nn3c2C(=O)NCCC3)cc1. The maximum atomic E-state index is 12.5. The fourth-order valence-corrected chi connectivity index (χ4v) is 3.97. The van der Waals surface area contributed by atoms with Crippen LogP contribution < -0.4 is 10.1 Å². The molecule has 1 N–H and O–H groups in total. The highest BCUT2D eigenvalue weighted by atomic mass is 16.5. The van der Waals surface area contributed by atoms with Gasteiger partial charge in [0, 0.05) is 36.0 Å². The van der Waals surface area contributed by atoms with E-state index in [4.69, 9.17) is 9.84 Å². The van der Waals surface area contributed by atoms with Crippen molar-refractivity contribution in [1.29, 1.82) is 0 Å². The summed E-state index contributed by atoms with van der Waals surface area (Å²) in [5.74, 6) is 0.817. The zero-order valence-corrected chi connectivity index (χ0v) is 15.2. The van der Waals surface area contributed by atoms with Crippen LogP contribution in [0, 0.1) is 0 Å². The minimum Gasteiger partial charge on any atom is -0.497 e. The molecule has 1 aromatic carbocycles. The summed E-state index contributed by atoms with van der Waals surface area (Å²) in [7, 11) is 1.66. The minimum atomic E-state index is -0.00543. The molecule has 0 unspecified atom stereocenters. The number of nitrogens with zero attached hydrogens (tertiary/aromatic N) is 3. The summed E-state index contributed by atoms with van der Waals surface area (Å²) in [4.78, 5) is 17.2. The molecule has 27 heavy (non-hydrogen) atoms. The largest absolute Gasteiger partial charge is 0.497 e. The quantitative estimate of drug-likeness (QED) is 0.763. The molecule has 6 heteroatoms. The van der Waals surface area contributed by atoms with Gasteiger partial charge in [-0.1, -0.05) is 0 Å². The lowest BCUT2D eigenvalue weighted by molar-refractivity contribution is 0.0949. The van der Waals surface area contributed by atoms with Crippen molar-refractivity contribution in [1.82, 2.24) is 20.1 Å². The Morgan fingerprint density at radius 3 is 2.85 bits per heavy atom. The van der Waals surface area contributed by atoms with E-state index in [2.05, 4.69) is 16.4 Å². The summed E-state index contributed by atoms with van der Waals surface area (Å²) >= 11 is 0. The third-order valence-electron chi connectivity index (χ3n) is 5.37. The molecule has 2 aliphatic rings. The third kappa shape index (κ3) is 2.60. The second-order valence-electron chi connectivity index (χ2n) is 6.96. The van der Waals surface area contributed by atoms with Crippen LogP contribution in [0.3, 0.4) is 0 Å². The number of aryl methyl sites for hydroxylation is 2. The van der Waals surface area contributed by atoms with Crippen LogP contribution in [0.25, 0.3) is 22.5 Å². The van der Waals surface area contributed by atoms with E-state index >= 15 is 0 Å². The van der Waals surface area contributed by atoms with Crippen LogP contribution in [0.5, 0.6) is 5.75 Å². The average molecular weight is 360 g/mol. The molecule has 0 bridgehead atoms. The molecule has 6 nitrogen and oxygen atoms in total. The predicted molar refractivity (Wildman–Crippen MR) is 102 cm³/mol. The van der Waals surface area contributed by atoms with Gasteiger partial charge in [0.15, 0.2) is 0 Å². The lowest BCUT2D eigenvalue weighted by atomic mass is 9.89. The maximum Gasteiger partial charge on any atom is 0.269 e. The van der Waals surface area contributed by atoms with Gasteiger partial charge in [-0.05, 0) is 55.2 Å². The molecule has 136 valence electrons. The van der Waals surface area contributed by atoms with E-state index in [9.17, 15) is 4.79 Å². The van der Waals surface area contributed by atoms with Crippen molar-refractivity contribution in [3.8, 4) is 28.3 Å². The number of ether oxygens (including phenoxy) is 1. The van der Waals surface area contributed by atoms with Gasteiger partial charge >= 0.3 is 0 Å². The summed E-state index contributed by atoms with van der Waals surface area (Å²) in [5, 5.41) is 7.80. The van der Waals surface area contributed by atoms with Crippen molar-refractivity contribution >= 4 is 5.91 Å². The van der Waals surface area contributed by atoms with E-state index in [-0.39, 0.29) is 5.91 Å². The molecule has 0 atom stereocenters. The van der Waals surface area contributed by atoms with Crippen molar-refractivity contribution in [3.63, 3.8) is 0 Å². The maximum absolute atomic E-state index is 12.5. The number of amides is 1. The van der Waals surface area contributed by atoms with Crippen LogP contribution in [0.15, 0.2) is 36.5 Å². The second-order valence-corrected chi connectivity index (χ2v) is 6.96. The first-order valence-corrected chi connectivity index (χ1v) is 9.26. The monoisotopic (exact) mass is 360 g/mol. The Balaban J connectivity index is 1.62. The van der Waals surface area contributed by atoms with Crippen LogP contribution in [0.4, 0.5) is 0 Å². The zero-order valence-electron chi connectivity index (χ0n) is 15.2. The molecule has 1 amide bonds. The number of carbonyl (C=O) groups excluding carboxylic acids is 1. The number of aromatic nitrogens is 3. The van der Waals surface area contributed by atoms with Gasteiger partial charge in [0.05, 0.1) is 18.5 Å². The summed E-state index contributed by atoms with van der Waals surface area (Å²) in [6.45, 7) is 1.48. The number of methoxy groups -OCH3 is 1. The van der Waals surface area contributed by atoms with Crippen LogP contribution in [-0.2, 0) is 19.4 Å². The Bertz CT molecular complexity index is 1040. The van der Waals surface area contributed by atoms with Gasteiger partial charge in [0.2, 0.25) is 0 Å². The van der Waals surface area contributed by atoms with Crippen LogP contribution in [0.2, 0.25) is 0 Å². The van der Waals surface area contributed by atoms with E-state index in [0.717, 1.165) is 65.3 Å². The van der Waals surface area contributed by atoms with E-state index in [1.165, 1.54) is 5.56 Å². The Morgan fingerprint density at radius 1 is 1.19 bits per heavy atom. The number of hydrogen-bond acceptors (Lipinski definition) is 4. The standard InChI is InChI=1S/C21H20N4O2/c1-27-15-6-3-13(4-7-15)18-11-17-14(12-23-18)5-8-16-19(17)24-25-10-2-9-22-21(26)20(16)25/h3-4,6-7,11-12H,2,5,8-10H2,1H3,(H,22,26). The van der Waals surface area contributed by atoms with Gasteiger partial charge in [0.1, 0.15) is 11.4 Å². The summed E-state index contributed by atoms with van der Waals surface area (Å²) in [6, 6.07) is 9.98. The molecule has 2 aromatic heterocycles. The topological polar surface area (TPSA) is 69.0 Å². The third-order valence-corrected chi connectivity index (χ3v) is 5.37. The number of fused-ring (bicyclic) bond motifs is 5. The molecule has 0 saturated carbocycles. The Hall–Kier alpha value is -3.15. The Labute approximate surface area is 157 Å². The molecule has 1 aliphatic carbocycles. The molecule has 0 radical (unpaired) electrons. The first kappa shape index (κ1) is 16.1. The molecule has 3 heterocycles. The fraction of sp³-hybridized carbons (Fsp3) is 0.286. The van der Waals surface area contributed by atoms with E-state index in [1.54, 1.807) is 7.11 Å². The highest BCUT2D eigenvalue weighted by molar-refractivity contribution is 5.96. The molecule has 1 aliphatic heterocycles. The summed E-state index contributed by atoms with van der Waals surface area (Å²) in [6.07, 6.45) is 4.56. The van der Waals surface area contributed by atoms with Crippen LogP contribution in [-0.4, -0.2) is 34.3 Å². The number of rotatable bonds is 2. The number of hydrogen-bond donors (Lipinski definition) is 1. The number of nitrogens with one attached hydrogen (secondary N) is 1. The molecule has 5 rings (SSSR count). The van der Waals surface area contributed by atoms with Crippen molar-refractivity contribution in [3.05, 3.63) is 53.3 Å². The van der Waals surface area contributed by atoms with Crippen LogP contribution in [0.1, 0.15) is 28.0 Å². The molecular formula is C21H20N4O2. The second kappa shape index (κ2) is 6.23. The summed E-state index contributed by atoms with van der Waals surface area (Å²) in [5.41, 5.74) is 6.94. The van der Waals surface area contributed by atoms with Gasteiger partial charge in [0.25, 0.3) is 5.91 Å². The Morgan fingerprint density at radius 2 is 2.04 bits per heavy atom. The van der Waals surface area contributed by atoms with E-state index in [0.29, 0.717) is 6.54 Å². The highest BCUT2D eigenvalue weighted by Gasteiger charge is 2.29. The first-order valence-electron chi connectivity index (χ1n) is 9.26. The van der Waals surface area contributed by atoms with Gasteiger partial charge in [-0.2, -0.15) is 5.10 Å². The van der Waals surface area contributed by atoms with Crippen molar-refractivity contribution in [2.24, 2.45) is 0 Å². The fourth-order valence-electron chi connectivity index (χ4n) is 3.97. The van der Waals surface area contributed by atoms with Crippen molar-refractivity contribution in [2.45, 2.75) is 25.8 Å². The predicted octanol–water partition coefficient (Wildman–Crippen LogP) is 2.85. The number of pyridine rings is 1. The smallest absolute Gasteiger partial charge is 0.269 e. The number of carbonyl (C=O) groups is 1. The van der Waals surface area contributed by atoms with Gasteiger partial charge < -0.3 is 10.1 Å². The molecule has 3 aromatic rings. The minimum absolute atomic E-state index is 0.00543. The van der Waals surface area contributed by atoms with Crippen LogP contribution >= 0.6 is 0 Å². The average Bonchev–Trinajstić information content (AvgIpc) is 3.00. The molecular weight excluding hydrogens is 340 g/mol. The van der Waals surface area contributed by atoms with Gasteiger partial charge in [-0.15, -0.1) is 0 Å². The molecule has 0 spiro atoms. The highest BCUT2D eigenvalue weighted by Crippen LogP contribution is 2.36. The Kier molecular flexibility index (Phi) is 3.70. The lowest BCUT2D eigenvalue weighted by Crippen LogP contribution is -2.24.